The van der Waals surface area contributed by atoms with Crippen molar-refractivity contribution in [3.63, 3.8) is 0 Å². The van der Waals surface area contributed by atoms with Crippen LogP contribution in [0.1, 0.15) is 60.3 Å². The zero-order chi connectivity index (χ0) is 14.1. The molecule has 1 aliphatic rings. The van der Waals surface area contributed by atoms with Crippen LogP contribution in [-0.2, 0) is 4.79 Å². The maximum atomic E-state index is 10.1. The number of nitrogens with one attached hydrogen (secondary N) is 1. The lowest BCUT2D eigenvalue weighted by Gasteiger charge is -2.20. The molecule has 0 bridgehead atoms. The van der Waals surface area contributed by atoms with E-state index in [1.807, 2.05) is 34.6 Å². The van der Waals surface area contributed by atoms with Crippen molar-refractivity contribution >= 4 is 5.91 Å². The Morgan fingerprint density at radius 3 is 1.59 bits per heavy atom. The van der Waals surface area contributed by atoms with Gasteiger partial charge in [0.05, 0.1) is 0 Å². The summed E-state index contributed by atoms with van der Waals surface area (Å²) >= 11 is 0. The third-order valence-corrected chi connectivity index (χ3v) is 2.18. The summed E-state index contributed by atoms with van der Waals surface area (Å²) in [5, 5.41) is 2.48. The molecule has 0 radical (unpaired) electrons. The van der Waals surface area contributed by atoms with E-state index in [0.717, 1.165) is 0 Å². The van der Waals surface area contributed by atoms with E-state index >= 15 is 0 Å². The molecular weight excluding hydrogens is 212 g/mol. The number of hydrogen-bond acceptors (Lipinski definition) is 2. The first-order valence-corrected chi connectivity index (χ1v) is 7.09. The fourth-order valence-electron chi connectivity index (χ4n) is 1.23. The van der Waals surface area contributed by atoms with E-state index in [1.54, 1.807) is 7.05 Å². The lowest BCUT2D eigenvalue weighted by atomic mass is 10.1. The number of nitrogens with zero attached hydrogens (tertiary/aromatic N) is 1. The summed E-state index contributed by atoms with van der Waals surface area (Å²) in [6.45, 7) is 12.5. The highest BCUT2D eigenvalue weighted by Crippen LogP contribution is 2.04. The summed E-state index contributed by atoms with van der Waals surface area (Å²) in [5.74, 6) is 0.0926. The molecule has 0 unspecified atom stereocenters. The van der Waals surface area contributed by atoms with Crippen LogP contribution in [0.15, 0.2) is 0 Å². The van der Waals surface area contributed by atoms with Crippen LogP contribution >= 0.6 is 0 Å². The van der Waals surface area contributed by atoms with Crippen LogP contribution < -0.4 is 5.32 Å². The van der Waals surface area contributed by atoms with Crippen LogP contribution in [-0.4, -0.2) is 38.0 Å². The maximum absolute atomic E-state index is 10.1. The molecule has 0 saturated carbocycles. The molecule has 1 saturated heterocycles. The van der Waals surface area contributed by atoms with E-state index in [2.05, 4.69) is 17.3 Å². The van der Waals surface area contributed by atoms with Crippen LogP contribution in [0.2, 0.25) is 0 Å². The smallest absolute Gasteiger partial charge is 0.219 e. The summed E-state index contributed by atoms with van der Waals surface area (Å²) in [6.07, 6.45) is 4.85. The summed E-state index contributed by atoms with van der Waals surface area (Å²) in [4.78, 5) is 12.5. The fraction of sp³-hybridized carbons (Fsp3) is 0.929. The van der Waals surface area contributed by atoms with Crippen LogP contribution in [0.25, 0.3) is 0 Å². The molecule has 1 heterocycles. The van der Waals surface area contributed by atoms with Crippen molar-refractivity contribution in [1.82, 2.24) is 10.2 Å². The third kappa shape index (κ3) is 21.3. The average Bonchev–Trinajstić information content (AvgIpc) is 2.44. The van der Waals surface area contributed by atoms with E-state index in [0.29, 0.717) is 6.42 Å². The topological polar surface area (TPSA) is 32.3 Å². The molecule has 0 atom stereocenters. The molecule has 1 N–H and O–H groups in total. The van der Waals surface area contributed by atoms with Gasteiger partial charge in [-0.25, -0.2) is 0 Å². The minimum Gasteiger partial charge on any atom is -0.359 e. The van der Waals surface area contributed by atoms with Gasteiger partial charge in [-0.2, -0.15) is 0 Å². The Kier molecular flexibility index (Phi) is 26.5. The molecular formula is C14H34N2O. The fourth-order valence-corrected chi connectivity index (χ4v) is 1.23. The van der Waals surface area contributed by atoms with Gasteiger partial charge in [0.25, 0.3) is 0 Å². The van der Waals surface area contributed by atoms with Gasteiger partial charge in [-0.05, 0) is 33.0 Å². The van der Waals surface area contributed by atoms with E-state index in [1.165, 1.54) is 32.4 Å². The molecule has 0 aliphatic carbocycles. The molecule has 3 nitrogen and oxygen atoms in total. The molecule has 1 aliphatic heterocycles. The average molecular weight is 246 g/mol. The Hall–Kier alpha value is -0.570. The normalized spacial score (nSPS) is 13.8. The first-order valence-electron chi connectivity index (χ1n) is 7.09. The minimum atomic E-state index is 0.0926. The van der Waals surface area contributed by atoms with Gasteiger partial charge < -0.3 is 10.2 Å². The lowest BCUT2D eigenvalue weighted by Crippen LogP contribution is -2.24. The summed E-state index contributed by atoms with van der Waals surface area (Å²) in [6, 6.07) is 0. The Balaban J connectivity index is -0.000000180. The van der Waals surface area contributed by atoms with Gasteiger partial charge >= 0.3 is 0 Å². The first kappa shape index (κ1) is 21.7. The zero-order valence-corrected chi connectivity index (χ0v) is 13.1. The van der Waals surface area contributed by atoms with Crippen molar-refractivity contribution in [2.24, 2.45) is 0 Å². The monoisotopic (exact) mass is 246 g/mol. The van der Waals surface area contributed by atoms with Crippen molar-refractivity contribution in [2.45, 2.75) is 60.3 Å². The number of amides is 1. The molecule has 1 rings (SSSR count). The summed E-state index contributed by atoms with van der Waals surface area (Å²) < 4.78 is 0. The molecule has 0 aromatic rings. The Morgan fingerprint density at radius 1 is 1.06 bits per heavy atom. The lowest BCUT2D eigenvalue weighted by molar-refractivity contribution is -0.120. The van der Waals surface area contributed by atoms with Crippen LogP contribution in [0.3, 0.4) is 0 Å². The third-order valence-electron chi connectivity index (χ3n) is 2.18. The number of carbonyl (C=O) groups is 1. The molecule has 0 aromatic heterocycles. The van der Waals surface area contributed by atoms with Crippen molar-refractivity contribution in [2.75, 3.05) is 27.2 Å². The second kappa shape index (κ2) is 20.8. The maximum Gasteiger partial charge on any atom is 0.219 e. The van der Waals surface area contributed by atoms with Crippen LogP contribution in [0.4, 0.5) is 0 Å². The van der Waals surface area contributed by atoms with Gasteiger partial charge in [0, 0.05) is 13.5 Å². The molecule has 17 heavy (non-hydrogen) atoms. The molecule has 0 aromatic carbocycles. The minimum absolute atomic E-state index is 0.0926. The number of carbonyl (C=O) groups excluding carboxylic acids is 1. The van der Waals surface area contributed by atoms with E-state index in [4.69, 9.17) is 0 Å². The van der Waals surface area contributed by atoms with Gasteiger partial charge in [0.15, 0.2) is 0 Å². The number of likely N-dealkylation sites (tertiary alicyclic amines) is 1. The highest BCUT2D eigenvalue weighted by molar-refractivity contribution is 5.74. The molecule has 106 valence electrons. The molecule has 1 fully saturated rings. The molecule has 3 heteroatoms. The highest BCUT2D eigenvalue weighted by Gasteiger charge is 2.02. The van der Waals surface area contributed by atoms with Crippen LogP contribution in [0, 0.1) is 0 Å². The quantitative estimate of drug-likeness (QED) is 0.770. The summed E-state index contributed by atoms with van der Waals surface area (Å²) in [7, 11) is 3.82. The second-order valence-corrected chi connectivity index (χ2v) is 3.39. The number of rotatable bonds is 1. The van der Waals surface area contributed by atoms with Gasteiger partial charge in [-0.15, -0.1) is 0 Å². The van der Waals surface area contributed by atoms with Gasteiger partial charge in [-0.1, -0.05) is 41.0 Å². The summed E-state index contributed by atoms with van der Waals surface area (Å²) in [5.41, 5.74) is 0. The highest BCUT2D eigenvalue weighted by atomic mass is 16.1. The Bertz CT molecular complexity index is 126. The van der Waals surface area contributed by atoms with Crippen molar-refractivity contribution in [3.8, 4) is 0 Å². The number of hydrogen-bond donors (Lipinski definition) is 1. The largest absolute Gasteiger partial charge is 0.359 e. The van der Waals surface area contributed by atoms with Gasteiger partial charge in [-0.3, -0.25) is 4.79 Å². The van der Waals surface area contributed by atoms with Crippen molar-refractivity contribution in [3.05, 3.63) is 0 Å². The standard InChI is InChI=1S/C6H13N.C4H9NO.2C2H6/c1-7-5-3-2-4-6-7;1-3-4(6)5-2;2*1-2/h2-6H2,1H3;3H2,1-2H3,(H,5,6);2*1-2H3. The predicted molar refractivity (Wildman–Crippen MR) is 78.4 cm³/mol. The zero-order valence-electron chi connectivity index (χ0n) is 13.1. The first-order chi connectivity index (χ1) is 8.20. The van der Waals surface area contributed by atoms with Gasteiger partial charge in [0.1, 0.15) is 0 Å². The van der Waals surface area contributed by atoms with Crippen molar-refractivity contribution < 1.29 is 4.79 Å². The molecule has 0 spiro atoms. The predicted octanol–water partition coefficient (Wildman–Crippen LogP) is 3.30. The van der Waals surface area contributed by atoms with Crippen LogP contribution in [0.5, 0.6) is 0 Å². The molecule has 1 amide bonds. The van der Waals surface area contributed by atoms with E-state index in [-0.39, 0.29) is 5.91 Å². The van der Waals surface area contributed by atoms with E-state index < -0.39 is 0 Å². The SMILES string of the molecule is CC.CC.CCC(=O)NC.CN1CCCCC1. The Morgan fingerprint density at radius 2 is 1.47 bits per heavy atom. The Labute approximate surface area is 109 Å². The van der Waals surface area contributed by atoms with Crippen molar-refractivity contribution in [1.29, 1.82) is 0 Å². The van der Waals surface area contributed by atoms with E-state index in [9.17, 15) is 4.79 Å². The van der Waals surface area contributed by atoms with Gasteiger partial charge in [0.2, 0.25) is 5.91 Å². The second-order valence-electron chi connectivity index (χ2n) is 3.39. The number of piperidine rings is 1.